The van der Waals surface area contributed by atoms with Crippen molar-refractivity contribution in [2.75, 3.05) is 31.8 Å². The van der Waals surface area contributed by atoms with Crippen molar-refractivity contribution >= 4 is 21.7 Å². The number of amides is 2. The molecule has 132 valence electrons. The zero-order chi connectivity index (χ0) is 16.9. The molecule has 0 bridgehead atoms. The number of carbonyl (C=O) groups excluding carboxylic acids is 2. The summed E-state index contributed by atoms with van der Waals surface area (Å²) < 4.78 is 28.3. The van der Waals surface area contributed by atoms with Crippen LogP contribution in [-0.2, 0) is 24.2 Å². The van der Waals surface area contributed by atoms with Gasteiger partial charge in [0.05, 0.1) is 18.1 Å². The Morgan fingerprint density at radius 3 is 2.43 bits per heavy atom. The van der Waals surface area contributed by atoms with Gasteiger partial charge in [-0.2, -0.15) is 0 Å². The molecular formula is C15H26N2O5S. The van der Waals surface area contributed by atoms with Crippen LogP contribution >= 0.6 is 0 Å². The van der Waals surface area contributed by atoms with Gasteiger partial charge in [0.1, 0.15) is 0 Å². The minimum absolute atomic E-state index is 0.0526. The highest BCUT2D eigenvalue weighted by Crippen LogP contribution is 2.19. The lowest BCUT2D eigenvalue weighted by Crippen LogP contribution is -2.51. The van der Waals surface area contributed by atoms with E-state index in [1.54, 1.807) is 0 Å². The van der Waals surface area contributed by atoms with E-state index in [0.29, 0.717) is 6.42 Å². The van der Waals surface area contributed by atoms with Gasteiger partial charge in [-0.05, 0) is 19.3 Å². The fourth-order valence-corrected chi connectivity index (χ4v) is 5.02. The summed E-state index contributed by atoms with van der Waals surface area (Å²) in [5.41, 5.74) is 0. The molecule has 7 nitrogen and oxygen atoms in total. The Balaban J connectivity index is 1.99. The maximum atomic E-state index is 12.5. The van der Waals surface area contributed by atoms with Crippen molar-refractivity contribution in [3.63, 3.8) is 0 Å². The third-order valence-corrected chi connectivity index (χ3v) is 6.33. The number of ether oxygens (including phenoxy) is 1. The molecule has 0 aromatic carbocycles. The van der Waals surface area contributed by atoms with Crippen molar-refractivity contribution in [3.05, 3.63) is 0 Å². The second-order valence-corrected chi connectivity index (χ2v) is 8.59. The van der Waals surface area contributed by atoms with Crippen molar-refractivity contribution in [1.82, 2.24) is 10.2 Å². The normalized spacial score (nSPS) is 24.3. The lowest BCUT2D eigenvalue weighted by molar-refractivity contribution is -0.148. The van der Waals surface area contributed by atoms with Crippen LogP contribution in [0.1, 0.15) is 38.5 Å². The largest absolute Gasteiger partial charge is 0.383 e. The highest BCUT2D eigenvalue weighted by Gasteiger charge is 2.37. The molecule has 0 aromatic rings. The van der Waals surface area contributed by atoms with Crippen LogP contribution in [0.3, 0.4) is 0 Å². The molecule has 0 spiro atoms. The molecule has 8 heteroatoms. The van der Waals surface area contributed by atoms with E-state index in [0.717, 1.165) is 25.7 Å². The summed E-state index contributed by atoms with van der Waals surface area (Å²) in [7, 11) is -1.61. The van der Waals surface area contributed by atoms with Gasteiger partial charge in [-0.3, -0.25) is 9.59 Å². The Hall–Kier alpha value is -1.15. The predicted octanol–water partition coefficient (Wildman–Crippen LogP) is 0.0974. The van der Waals surface area contributed by atoms with E-state index >= 15 is 0 Å². The molecule has 1 saturated carbocycles. The molecule has 1 N–H and O–H groups in total. The van der Waals surface area contributed by atoms with E-state index in [1.807, 2.05) is 0 Å². The van der Waals surface area contributed by atoms with Gasteiger partial charge in [0, 0.05) is 25.7 Å². The zero-order valence-corrected chi connectivity index (χ0v) is 14.4. The van der Waals surface area contributed by atoms with E-state index in [4.69, 9.17) is 4.74 Å². The summed E-state index contributed by atoms with van der Waals surface area (Å²) in [6, 6.07) is -0.378. The molecule has 1 heterocycles. The predicted molar refractivity (Wildman–Crippen MR) is 85.7 cm³/mol. The summed E-state index contributed by atoms with van der Waals surface area (Å²) in [6.45, 7) is 0.507. The van der Waals surface area contributed by atoms with Crippen LogP contribution < -0.4 is 5.32 Å². The highest BCUT2D eigenvalue weighted by atomic mass is 32.2. The molecule has 2 amide bonds. The number of nitrogens with one attached hydrogen (secondary N) is 1. The summed E-state index contributed by atoms with van der Waals surface area (Å²) in [6.07, 6.45) is 5.47. The molecule has 2 aliphatic rings. The van der Waals surface area contributed by atoms with Crippen LogP contribution in [0.4, 0.5) is 0 Å². The van der Waals surface area contributed by atoms with E-state index < -0.39 is 27.7 Å². The highest BCUT2D eigenvalue weighted by molar-refractivity contribution is 7.91. The second kappa shape index (κ2) is 8.10. The fourth-order valence-electron chi connectivity index (χ4n) is 3.29. The van der Waals surface area contributed by atoms with Crippen molar-refractivity contribution in [1.29, 1.82) is 0 Å². The average molecular weight is 346 g/mol. The second-order valence-electron chi connectivity index (χ2n) is 6.36. The number of methoxy groups -OCH3 is 1. The summed E-state index contributed by atoms with van der Waals surface area (Å²) in [5, 5.41) is 2.80. The van der Waals surface area contributed by atoms with E-state index in [9.17, 15) is 18.0 Å². The third-order valence-electron chi connectivity index (χ3n) is 4.58. The minimum atomic E-state index is -3.12. The molecule has 1 aliphatic heterocycles. The number of hydrogen-bond donors (Lipinski definition) is 1. The lowest BCUT2D eigenvalue weighted by Gasteiger charge is -2.29. The van der Waals surface area contributed by atoms with Gasteiger partial charge in [-0.15, -0.1) is 0 Å². The first-order valence-electron chi connectivity index (χ1n) is 8.24. The maximum absolute atomic E-state index is 12.5. The van der Waals surface area contributed by atoms with Gasteiger partial charge < -0.3 is 15.0 Å². The van der Waals surface area contributed by atoms with Gasteiger partial charge in [-0.1, -0.05) is 19.3 Å². The average Bonchev–Trinajstić information content (AvgIpc) is 2.88. The molecule has 0 radical (unpaired) electrons. The first-order valence-corrected chi connectivity index (χ1v) is 10.1. The molecule has 2 rings (SSSR count). The van der Waals surface area contributed by atoms with Crippen molar-refractivity contribution in [2.24, 2.45) is 0 Å². The SMILES string of the molecule is COCCN(C(=O)C(=O)NC1CCCCC1)C1CCS(=O)(=O)C1. The fraction of sp³-hybridized carbons (Fsp3) is 0.867. The van der Waals surface area contributed by atoms with Crippen LogP contribution in [0, 0.1) is 0 Å². The van der Waals surface area contributed by atoms with E-state index in [-0.39, 0.29) is 30.7 Å². The first kappa shape index (κ1) is 18.2. The Morgan fingerprint density at radius 1 is 1.17 bits per heavy atom. The van der Waals surface area contributed by atoms with Gasteiger partial charge >= 0.3 is 11.8 Å². The van der Waals surface area contributed by atoms with E-state index in [2.05, 4.69) is 5.32 Å². The van der Waals surface area contributed by atoms with Gasteiger partial charge in [0.25, 0.3) is 0 Å². The zero-order valence-electron chi connectivity index (χ0n) is 13.6. The third kappa shape index (κ3) is 5.17. The molecule has 1 aliphatic carbocycles. The maximum Gasteiger partial charge on any atom is 0.312 e. The molecular weight excluding hydrogens is 320 g/mol. The van der Waals surface area contributed by atoms with Crippen molar-refractivity contribution < 1.29 is 22.7 Å². The molecule has 1 atom stereocenters. The van der Waals surface area contributed by atoms with E-state index in [1.165, 1.54) is 18.4 Å². The first-order chi connectivity index (χ1) is 10.9. The molecule has 23 heavy (non-hydrogen) atoms. The topological polar surface area (TPSA) is 92.8 Å². The van der Waals surface area contributed by atoms with Gasteiger partial charge in [0.15, 0.2) is 9.84 Å². The number of hydrogen-bond acceptors (Lipinski definition) is 5. The Kier molecular flexibility index (Phi) is 6.41. The molecule has 1 unspecified atom stereocenters. The molecule has 0 aromatic heterocycles. The van der Waals surface area contributed by atoms with Crippen LogP contribution in [0.15, 0.2) is 0 Å². The number of rotatable bonds is 5. The monoisotopic (exact) mass is 346 g/mol. The van der Waals surface area contributed by atoms with Crippen molar-refractivity contribution in [3.8, 4) is 0 Å². The Morgan fingerprint density at radius 2 is 1.87 bits per heavy atom. The van der Waals surface area contributed by atoms with Crippen molar-refractivity contribution in [2.45, 2.75) is 50.6 Å². The smallest absolute Gasteiger partial charge is 0.312 e. The Labute approximate surface area is 137 Å². The van der Waals surface area contributed by atoms with Gasteiger partial charge in [-0.25, -0.2) is 8.42 Å². The summed E-state index contributed by atoms with van der Waals surface area (Å²) in [5.74, 6) is -1.27. The summed E-state index contributed by atoms with van der Waals surface area (Å²) >= 11 is 0. The van der Waals surface area contributed by atoms with Crippen LogP contribution in [0.2, 0.25) is 0 Å². The standard InChI is InChI=1S/C15H26N2O5S/c1-22-9-8-17(13-7-10-23(20,21)11-13)15(19)14(18)16-12-5-3-2-4-6-12/h12-13H,2-11H2,1H3,(H,16,18). The lowest BCUT2D eigenvalue weighted by atomic mass is 9.95. The summed E-state index contributed by atoms with van der Waals surface area (Å²) in [4.78, 5) is 26.1. The number of carbonyl (C=O) groups is 2. The molecule has 1 saturated heterocycles. The quantitative estimate of drug-likeness (QED) is 0.713. The minimum Gasteiger partial charge on any atom is -0.383 e. The van der Waals surface area contributed by atoms with Gasteiger partial charge in [0.2, 0.25) is 0 Å². The Bertz CT molecular complexity index is 528. The number of sulfone groups is 1. The van der Waals surface area contributed by atoms with Crippen LogP contribution in [0.5, 0.6) is 0 Å². The van der Waals surface area contributed by atoms with Crippen LogP contribution in [0.25, 0.3) is 0 Å². The van der Waals surface area contributed by atoms with Crippen LogP contribution in [-0.4, -0.2) is 69.0 Å². The number of nitrogens with zero attached hydrogens (tertiary/aromatic N) is 1. The molecule has 2 fully saturated rings.